The number of nitrogens with zero attached hydrogens (tertiary/aromatic N) is 1. The van der Waals surface area contributed by atoms with E-state index in [9.17, 15) is 9.59 Å². The van der Waals surface area contributed by atoms with Crippen LogP contribution in [0.4, 0.5) is 4.79 Å². The molecule has 0 atom stereocenters. The highest BCUT2D eigenvalue weighted by Gasteiger charge is 2.39. The highest BCUT2D eigenvalue weighted by molar-refractivity contribution is 6.04. The van der Waals surface area contributed by atoms with Crippen molar-refractivity contribution in [2.75, 3.05) is 13.2 Å². The molecule has 0 saturated carbocycles. The second-order valence-electron chi connectivity index (χ2n) is 7.72. The molecule has 2 amide bonds. The minimum absolute atomic E-state index is 0.191. The van der Waals surface area contributed by atoms with Crippen molar-refractivity contribution in [3.63, 3.8) is 0 Å². The van der Waals surface area contributed by atoms with Crippen LogP contribution in [0.15, 0.2) is 11.1 Å². The molecule has 0 spiro atoms. The van der Waals surface area contributed by atoms with E-state index in [0.29, 0.717) is 6.54 Å². The van der Waals surface area contributed by atoms with Crippen molar-refractivity contribution in [3.05, 3.63) is 11.1 Å². The lowest BCUT2D eigenvalue weighted by molar-refractivity contribution is -0.126. The zero-order valence-corrected chi connectivity index (χ0v) is 14.5. The predicted octanol–water partition coefficient (Wildman–Crippen LogP) is 4.15. The quantitative estimate of drug-likeness (QED) is 0.785. The molecule has 1 aliphatic rings. The number of cyclic esters (lactones) is 1. The number of rotatable bonds is 3. The van der Waals surface area contributed by atoms with Gasteiger partial charge in [-0.15, -0.1) is 0 Å². The second kappa shape index (κ2) is 6.20. The summed E-state index contributed by atoms with van der Waals surface area (Å²) in [4.78, 5) is 26.3. The molecule has 0 aliphatic carbocycles. The van der Waals surface area contributed by atoms with Crippen LogP contribution in [0.3, 0.4) is 0 Å². The number of amides is 2. The molecule has 21 heavy (non-hydrogen) atoms. The van der Waals surface area contributed by atoms with Crippen molar-refractivity contribution in [2.45, 2.75) is 61.3 Å². The van der Waals surface area contributed by atoms with Crippen LogP contribution in [-0.2, 0) is 9.53 Å². The summed E-state index contributed by atoms with van der Waals surface area (Å²) in [6, 6.07) is 0. The maximum absolute atomic E-state index is 12.9. The molecule has 1 heterocycles. The molecule has 120 valence electrons. The number of hydrogen-bond acceptors (Lipinski definition) is 3. The summed E-state index contributed by atoms with van der Waals surface area (Å²) in [7, 11) is 0. The van der Waals surface area contributed by atoms with Crippen LogP contribution in [0.25, 0.3) is 0 Å². The summed E-state index contributed by atoms with van der Waals surface area (Å²) in [6.07, 6.45) is 1.20. The number of imide groups is 1. The van der Waals surface area contributed by atoms with Gasteiger partial charge in [-0.2, -0.15) is 0 Å². The van der Waals surface area contributed by atoms with Gasteiger partial charge in [0.25, 0.3) is 5.91 Å². The molecule has 0 unspecified atom stereocenters. The minimum atomic E-state index is -0.519. The fraction of sp³-hybridized carbons (Fsp3) is 0.765. The molecule has 4 nitrogen and oxygen atoms in total. The molecule has 4 heteroatoms. The van der Waals surface area contributed by atoms with Gasteiger partial charge in [0.2, 0.25) is 0 Å². The van der Waals surface area contributed by atoms with Gasteiger partial charge < -0.3 is 4.74 Å². The third kappa shape index (κ3) is 4.08. The largest absolute Gasteiger partial charge is 0.445 e. The van der Waals surface area contributed by atoms with E-state index in [4.69, 9.17) is 4.74 Å². The maximum atomic E-state index is 12.9. The Hall–Kier alpha value is -1.32. The molecule has 0 fully saturated rings. The lowest BCUT2D eigenvalue weighted by Crippen LogP contribution is -2.40. The van der Waals surface area contributed by atoms with Crippen molar-refractivity contribution in [2.24, 2.45) is 10.8 Å². The first-order chi connectivity index (χ1) is 9.50. The number of carbonyl (C=O) groups excluding carboxylic acids is 2. The first-order valence-corrected chi connectivity index (χ1v) is 7.73. The number of ether oxygens (including phenoxy) is 1. The number of carbonyl (C=O) groups is 2. The third-order valence-electron chi connectivity index (χ3n) is 3.71. The zero-order valence-electron chi connectivity index (χ0n) is 14.5. The molecular formula is C17H29NO3. The van der Waals surface area contributed by atoms with Gasteiger partial charge in [-0.25, -0.2) is 9.69 Å². The van der Waals surface area contributed by atoms with Gasteiger partial charge in [-0.3, -0.25) is 4.79 Å². The fourth-order valence-corrected chi connectivity index (χ4v) is 2.50. The summed E-state index contributed by atoms with van der Waals surface area (Å²) >= 11 is 0. The summed E-state index contributed by atoms with van der Waals surface area (Å²) in [5.74, 6) is -0.191. The molecule has 0 aromatic heterocycles. The Morgan fingerprint density at radius 1 is 1.05 bits per heavy atom. The average Bonchev–Trinajstić information content (AvgIpc) is 2.43. The van der Waals surface area contributed by atoms with Crippen LogP contribution < -0.4 is 0 Å². The van der Waals surface area contributed by atoms with Crippen LogP contribution in [-0.4, -0.2) is 30.1 Å². The maximum Gasteiger partial charge on any atom is 0.417 e. The Labute approximate surface area is 128 Å². The smallest absolute Gasteiger partial charge is 0.417 e. The number of hydrogen-bond donors (Lipinski definition) is 0. The molecule has 0 N–H and O–H groups in total. The van der Waals surface area contributed by atoms with Gasteiger partial charge in [0.15, 0.2) is 0 Å². The van der Waals surface area contributed by atoms with Crippen molar-refractivity contribution >= 4 is 12.0 Å². The molecule has 1 rings (SSSR count). The van der Waals surface area contributed by atoms with E-state index in [1.54, 1.807) is 0 Å². The molecule has 1 aliphatic heterocycles. The van der Waals surface area contributed by atoms with Gasteiger partial charge in [0, 0.05) is 12.1 Å². The standard InChI is InChI=1S/C17H29NO3/c1-8-9-10-18-14(19)13(17(5,6)7)12(16(2,3)4)11-21-15(18)20/h8-11H2,1-7H3. The summed E-state index contributed by atoms with van der Waals surface area (Å²) in [6.45, 7) is 14.9. The van der Waals surface area contributed by atoms with E-state index in [1.165, 1.54) is 4.90 Å². The average molecular weight is 295 g/mol. The van der Waals surface area contributed by atoms with Crippen molar-refractivity contribution in [1.82, 2.24) is 4.90 Å². The molecule has 0 bridgehead atoms. The van der Waals surface area contributed by atoms with E-state index in [0.717, 1.165) is 24.0 Å². The Morgan fingerprint density at radius 2 is 1.62 bits per heavy atom. The van der Waals surface area contributed by atoms with E-state index < -0.39 is 6.09 Å². The van der Waals surface area contributed by atoms with E-state index >= 15 is 0 Å². The third-order valence-corrected chi connectivity index (χ3v) is 3.71. The lowest BCUT2D eigenvalue weighted by atomic mass is 9.75. The SMILES string of the molecule is CCCCN1C(=O)OCC(C(C)(C)C)=C(C(C)(C)C)C1=O. The first-order valence-electron chi connectivity index (χ1n) is 7.73. The summed E-state index contributed by atoms with van der Waals surface area (Å²) in [5, 5.41) is 0. The Morgan fingerprint density at radius 3 is 2.05 bits per heavy atom. The van der Waals surface area contributed by atoms with Gasteiger partial charge in [-0.1, -0.05) is 54.9 Å². The van der Waals surface area contributed by atoms with Crippen molar-refractivity contribution < 1.29 is 14.3 Å². The molecule has 0 aromatic rings. The number of unbranched alkanes of at least 4 members (excludes halogenated alkanes) is 1. The summed E-state index contributed by atoms with van der Waals surface area (Å²) in [5.41, 5.74) is 1.11. The van der Waals surface area contributed by atoms with Crippen molar-refractivity contribution in [1.29, 1.82) is 0 Å². The van der Waals surface area contributed by atoms with Gasteiger partial charge >= 0.3 is 6.09 Å². The molecule has 0 saturated heterocycles. The van der Waals surface area contributed by atoms with E-state index in [-0.39, 0.29) is 23.3 Å². The van der Waals surface area contributed by atoms with Crippen LogP contribution in [0.5, 0.6) is 0 Å². The van der Waals surface area contributed by atoms with Crippen LogP contribution in [0, 0.1) is 10.8 Å². The molecular weight excluding hydrogens is 266 g/mol. The molecule has 0 aromatic carbocycles. The minimum Gasteiger partial charge on any atom is -0.445 e. The Kier molecular flexibility index (Phi) is 5.24. The van der Waals surface area contributed by atoms with E-state index in [2.05, 4.69) is 20.8 Å². The van der Waals surface area contributed by atoms with Crippen molar-refractivity contribution in [3.8, 4) is 0 Å². The van der Waals surface area contributed by atoms with Gasteiger partial charge in [-0.05, 0) is 22.8 Å². The highest BCUT2D eigenvalue weighted by atomic mass is 16.6. The van der Waals surface area contributed by atoms with Crippen LogP contribution in [0.2, 0.25) is 0 Å². The van der Waals surface area contributed by atoms with E-state index in [1.807, 2.05) is 27.7 Å². The monoisotopic (exact) mass is 295 g/mol. The second-order valence-corrected chi connectivity index (χ2v) is 7.72. The van der Waals surface area contributed by atoms with Crippen LogP contribution >= 0.6 is 0 Å². The Balaban J connectivity index is 3.36. The van der Waals surface area contributed by atoms with Gasteiger partial charge in [0.1, 0.15) is 6.61 Å². The first kappa shape index (κ1) is 17.7. The lowest BCUT2D eigenvalue weighted by Gasteiger charge is -2.31. The summed E-state index contributed by atoms with van der Waals surface area (Å²) < 4.78 is 5.36. The fourth-order valence-electron chi connectivity index (χ4n) is 2.50. The zero-order chi connectivity index (χ0) is 16.4. The highest BCUT2D eigenvalue weighted by Crippen LogP contribution is 2.39. The normalized spacial score (nSPS) is 18.0. The predicted molar refractivity (Wildman–Crippen MR) is 83.9 cm³/mol. The van der Waals surface area contributed by atoms with Gasteiger partial charge in [0.05, 0.1) is 0 Å². The van der Waals surface area contributed by atoms with Crippen LogP contribution in [0.1, 0.15) is 61.3 Å². The topological polar surface area (TPSA) is 46.6 Å². The Bertz CT molecular complexity index is 450. The molecule has 0 radical (unpaired) electrons.